The predicted octanol–water partition coefficient (Wildman–Crippen LogP) is 1.69. The van der Waals surface area contributed by atoms with Gasteiger partial charge in [0.1, 0.15) is 0 Å². The third kappa shape index (κ3) is 5.90. The van der Waals surface area contributed by atoms with E-state index in [0.29, 0.717) is 19.6 Å². The third-order valence-electron chi connectivity index (χ3n) is 2.02. The molecule has 1 rings (SSSR count). The molecule has 88 valence electrons. The molecule has 0 radical (unpaired) electrons. The van der Waals surface area contributed by atoms with Gasteiger partial charge in [0.25, 0.3) is 0 Å². The van der Waals surface area contributed by atoms with Crippen LogP contribution in [-0.2, 0) is 0 Å². The van der Waals surface area contributed by atoms with Crippen LogP contribution in [-0.4, -0.2) is 43.3 Å². The Morgan fingerprint density at radius 3 is 2.36 bits per heavy atom. The topological polar surface area (TPSA) is 15.3 Å². The Kier molecular flexibility index (Phi) is 8.01. The SMILES string of the molecule is C[C@@H]1CNCCN1CC(F)(F)F.Cl.Cl. The van der Waals surface area contributed by atoms with Gasteiger partial charge >= 0.3 is 6.18 Å². The molecule has 1 fully saturated rings. The molecule has 0 unspecified atom stereocenters. The number of halogens is 5. The van der Waals surface area contributed by atoms with Crippen molar-refractivity contribution in [3.63, 3.8) is 0 Å². The number of hydrogen-bond donors (Lipinski definition) is 1. The van der Waals surface area contributed by atoms with Crippen LogP contribution >= 0.6 is 24.8 Å². The molecule has 2 nitrogen and oxygen atoms in total. The van der Waals surface area contributed by atoms with Gasteiger partial charge < -0.3 is 5.32 Å². The van der Waals surface area contributed by atoms with E-state index in [0.717, 1.165) is 0 Å². The standard InChI is InChI=1S/C7H13F3N2.2ClH/c1-6-4-11-2-3-12(6)5-7(8,9)10;;/h6,11H,2-5H2,1H3;2*1H/t6-;;/m1../s1. The van der Waals surface area contributed by atoms with Gasteiger partial charge in [0.2, 0.25) is 0 Å². The van der Waals surface area contributed by atoms with Crippen LogP contribution in [0.5, 0.6) is 0 Å². The highest BCUT2D eigenvalue weighted by molar-refractivity contribution is 5.85. The van der Waals surface area contributed by atoms with E-state index >= 15 is 0 Å². The Balaban J connectivity index is 0. The van der Waals surface area contributed by atoms with Crippen molar-refractivity contribution in [2.75, 3.05) is 26.2 Å². The van der Waals surface area contributed by atoms with E-state index in [1.54, 1.807) is 6.92 Å². The fraction of sp³-hybridized carbons (Fsp3) is 1.00. The van der Waals surface area contributed by atoms with Gasteiger partial charge in [0, 0.05) is 25.7 Å². The number of rotatable bonds is 1. The van der Waals surface area contributed by atoms with Crippen molar-refractivity contribution in [2.24, 2.45) is 0 Å². The highest BCUT2D eigenvalue weighted by Crippen LogP contribution is 2.18. The minimum absolute atomic E-state index is 0. The largest absolute Gasteiger partial charge is 0.401 e. The van der Waals surface area contributed by atoms with Crippen molar-refractivity contribution in [1.29, 1.82) is 0 Å². The van der Waals surface area contributed by atoms with Crippen molar-refractivity contribution in [3.05, 3.63) is 0 Å². The zero-order valence-electron chi connectivity index (χ0n) is 7.80. The summed E-state index contributed by atoms with van der Waals surface area (Å²) in [5.74, 6) is 0. The second-order valence-corrected chi connectivity index (χ2v) is 3.14. The van der Waals surface area contributed by atoms with Crippen LogP contribution in [0.1, 0.15) is 6.92 Å². The minimum Gasteiger partial charge on any atom is -0.314 e. The second kappa shape index (κ2) is 6.71. The average molecular weight is 255 g/mol. The molecule has 1 atom stereocenters. The van der Waals surface area contributed by atoms with Crippen LogP contribution in [0.3, 0.4) is 0 Å². The summed E-state index contributed by atoms with van der Waals surface area (Å²) in [6.45, 7) is 2.81. The number of alkyl halides is 3. The quantitative estimate of drug-likeness (QED) is 0.767. The first-order chi connectivity index (χ1) is 5.49. The van der Waals surface area contributed by atoms with Crippen molar-refractivity contribution in [3.8, 4) is 0 Å². The summed E-state index contributed by atoms with van der Waals surface area (Å²) >= 11 is 0. The molecule has 0 aromatic rings. The van der Waals surface area contributed by atoms with Crippen LogP contribution in [0.2, 0.25) is 0 Å². The second-order valence-electron chi connectivity index (χ2n) is 3.14. The lowest BCUT2D eigenvalue weighted by Crippen LogP contribution is -2.52. The average Bonchev–Trinajstić information content (AvgIpc) is 1.91. The first-order valence-corrected chi connectivity index (χ1v) is 4.00. The summed E-state index contributed by atoms with van der Waals surface area (Å²) in [7, 11) is 0. The lowest BCUT2D eigenvalue weighted by Gasteiger charge is -2.34. The summed E-state index contributed by atoms with van der Waals surface area (Å²) in [4.78, 5) is 1.45. The summed E-state index contributed by atoms with van der Waals surface area (Å²) in [5, 5.41) is 3.04. The maximum Gasteiger partial charge on any atom is 0.401 e. The Hall–Kier alpha value is 0.290. The van der Waals surface area contributed by atoms with Gasteiger partial charge in [-0.1, -0.05) is 0 Å². The van der Waals surface area contributed by atoms with E-state index in [1.807, 2.05) is 0 Å². The van der Waals surface area contributed by atoms with Gasteiger partial charge in [-0.3, -0.25) is 4.90 Å². The molecule has 1 aliphatic heterocycles. The molecule has 0 saturated carbocycles. The Labute approximate surface area is 94.0 Å². The van der Waals surface area contributed by atoms with E-state index in [-0.39, 0.29) is 30.9 Å². The van der Waals surface area contributed by atoms with Crippen LogP contribution in [0.4, 0.5) is 13.2 Å². The molecular formula is C7H15Cl2F3N2. The molecule has 1 heterocycles. The molecule has 0 aromatic carbocycles. The van der Waals surface area contributed by atoms with Crippen LogP contribution in [0.15, 0.2) is 0 Å². The normalized spacial score (nSPS) is 23.6. The van der Waals surface area contributed by atoms with Crippen molar-refractivity contribution in [1.82, 2.24) is 10.2 Å². The predicted molar refractivity (Wildman–Crippen MR) is 54.5 cm³/mol. The van der Waals surface area contributed by atoms with Crippen LogP contribution < -0.4 is 5.32 Å². The summed E-state index contributed by atoms with van der Waals surface area (Å²) < 4.78 is 35.9. The summed E-state index contributed by atoms with van der Waals surface area (Å²) in [6.07, 6.45) is -4.06. The monoisotopic (exact) mass is 254 g/mol. The Morgan fingerprint density at radius 2 is 1.93 bits per heavy atom. The van der Waals surface area contributed by atoms with E-state index in [2.05, 4.69) is 5.32 Å². The van der Waals surface area contributed by atoms with E-state index in [4.69, 9.17) is 0 Å². The zero-order valence-corrected chi connectivity index (χ0v) is 9.44. The molecule has 14 heavy (non-hydrogen) atoms. The van der Waals surface area contributed by atoms with Crippen molar-refractivity contribution in [2.45, 2.75) is 19.1 Å². The van der Waals surface area contributed by atoms with Gasteiger partial charge in [0.15, 0.2) is 0 Å². The maximum absolute atomic E-state index is 12.0. The zero-order chi connectivity index (χ0) is 9.19. The molecular weight excluding hydrogens is 240 g/mol. The van der Waals surface area contributed by atoms with E-state index in [9.17, 15) is 13.2 Å². The first-order valence-electron chi connectivity index (χ1n) is 4.00. The summed E-state index contributed by atoms with van der Waals surface area (Å²) in [6, 6.07) is -0.0135. The van der Waals surface area contributed by atoms with E-state index < -0.39 is 12.7 Å². The number of nitrogens with zero attached hydrogens (tertiary/aromatic N) is 1. The molecule has 0 amide bonds. The molecule has 1 saturated heterocycles. The molecule has 0 spiro atoms. The Bertz CT molecular complexity index is 154. The Morgan fingerprint density at radius 1 is 1.36 bits per heavy atom. The van der Waals surface area contributed by atoms with Gasteiger partial charge in [-0.15, -0.1) is 24.8 Å². The smallest absolute Gasteiger partial charge is 0.314 e. The first kappa shape index (κ1) is 16.7. The summed E-state index contributed by atoms with van der Waals surface area (Å²) in [5.41, 5.74) is 0. The number of piperazine rings is 1. The minimum atomic E-state index is -4.06. The highest BCUT2D eigenvalue weighted by atomic mass is 35.5. The molecule has 7 heteroatoms. The van der Waals surface area contributed by atoms with Crippen LogP contribution in [0, 0.1) is 0 Å². The van der Waals surface area contributed by atoms with Gasteiger partial charge in [-0.05, 0) is 6.92 Å². The molecule has 1 N–H and O–H groups in total. The third-order valence-corrected chi connectivity index (χ3v) is 2.02. The van der Waals surface area contributed by atoms with Gasteiger partial charge in [-0.25, -0.2) is 0 Å². The molecule has 0 aromatic heterocycles. The van der Waals surface area contributed by atoms with Crippen molar-refractivity contribution >= 4 is 24.8 Å². The van der Waals surface area contributed by atoms with Crippen molar-refractivity contribution < 1.29 is 13.2 Å². The number of nitrogens with one attached hydrogen (secondary N) is 1. The molecule has 1 aliphatic rings. The lowest BCUT2D eigenvalue weighted by molar-refractivity contribution is -0.151. The number of hydrogen-bond acceptors (Lipinski definition) is 2. The molecule has 0 bridgehead atoms. The van der Waals surface area contributed by atoms with Crippen LogP contribution in [0.25, 0.3) is 0 Å². The molecule has 0 aliphatic carbocycles. The fourth-order valence-corrected chi connectivity index (χ4v) is 1.35. The van der Waals surface area contributed by atoms with Gasteiger partial charge in [0.05, 0.1) is 6.54 Å². The fourth-order valence-electron chi connectivity index (χ4n) is 1.35. The van der Waals surface area contributed by atoms with E-state index in [1.165, 1.54) is 4.90 Å². The van der Waals surface area contributed by atoms with Gasteiger partial charge in [-0.2, -0.15) is 13.2 Å². The maximum atomic E-state index is 12.0. The highest BCUT2D eigenvalue weighted by Gasteiger charge is 2.33. The lowest BCUT2D eigenvalue weighted by atomic mass is 10.2.